The molecule has 2 saturated carbocycles. The van der Waals surface area contributed by atoms with Crippen LogP contribution in [0.3, 0.4) is 0 Å². The van der Waals surface area contributed by atoms with Crippen molar-refractivity contribution in [3.63, 3.8) is 0 Å². The molecule has 3 atom stereocenters. The van der Waals surface area contributed by atoms with Gasteiger partial charge in [-0.15, -0.1) is 0 Å². The second kappa shape index (κ2) is 4.23. The summed E-state index contributed by atoms with van der Waals surface area (Å²) in [5.41, 5.74) is 5.75. The maximum Gasteiger partial charge on any atom is -0.00966 e. The Morgan fingerprint density at radius 2 is 1.74 bits per heavy atom. The van der Waals surface area contributed by atoms with Crippen molar-refractivity contribution in [2.75, 3.05) is 0 Å². The van der Waals surface area contributed by atoms with Crippen LogP contribution >= 0.6 is 0 Å². The molecule has 0 radical (unpaired) electrons. The maximum atomic E-state index is 2.59. The van der Waals surface area contributed by atoms with Gasteiger partial charge in [0.05, 0.1) is 0 Å². The second-order valence-corrected chi connectivity index (χ2v) is 7.05. The predicted molar refractivity (Wildman–Crippen MR) is 80.8 cm³/mol. The zero-order chi connectivity index (χ0) is 12.9. The van der Waals surface area contributed by atoms with Gasteiger partial charge < -0.3 is 0 Å². The zero-order valence-corrected chi connectivity index (χ0v) is 12.0. The Hall–Kier alpha value is -1.04. The van der Waals surface area contributed by atoms with Crippen molar-refractivity contribution in [1.82, 2.24) is 0 Å². The normalized spacial score (nSPS) is 37.3. The third-order valence-corrected chi connectivity index (χ3v) is 6.19. The van der Waals surface area contributed by atoms with Crippen LogP contribution in [-0.2, 0) is 0 Å². The van der Waals surface area contributed by atoms with E-state index in [-0.39, 0.29) is 0 Å². The highest BCUT2D eigenvalue weighted by atomic mass is 14.6. The first kappa shape index (κ1) is 11.8. The van der Waals surface area contributed by atoms with Crippen LogP contribution in [0.1, 0.15) is 57.4 Å². The zero-order valence-electron chi connectivity index (χ0n) is 12.0. The molecule has 1 unspecified atom stereocenters. The van der Waals surface area contributed by atoms with Crippen molar-refractivity contribution < 1.29 is 0 Å². The number of benzene rings is 1. The molecule has 0 spiro atoms. The first-order valence-corrected chi connectivity index (χ1v) is 8.09. The van der Waals surface area contributed by atoms with Gasteiger partial charge in [0.25, 0.3) is 0 Å². The van der Waals surface area contributed by atoms with Gasteiger partial charge in [0.15, 0.2) is 0 Å². The smallest absolute Gasteiger partial charge is 0.00966 e. The van der Waals surface area contributed by atoms with Gasteiger partial charge in [-0.25, -0.2) is 0 Å². The van der Waals surface area contributed by atoms with Crippen LogP contribution in [0, 0.1) is 17.3 Å². The molecule has 0 amide bonds. The molecule has 0 heterocycles. The topological polar surface area (TPSA) is 0 Å². The van der Waals surface area contributed by atoms with Crippen LogP contribution < -0.4 is 0 Å². The standard InChI is InChI=1S/C19H24/c1-19-13-7-12-17(19)18(14-8-3-2-4-9-14)15-10-5-6-11-16(15)19/h2-4,8-9,16-17H,5-7,10-13H2,1H3/t16?,17-,19+/m0/s1. The first-order valence-electron chi connectivity index (χ1n) is 8.09. The summed E-state index contributed by atoms with van der Waals surface area (Å²) in [6.07, 6.45) is 10.0. The average molecular weight is 252 g/mol. The maximum absolute atomic E-state index is 2.59. The van der Waals surface area contributed by atoms with Crippen LogP contribution in [-0.4, -0.2) is 0 Å². The van der Waals surface area contributed by atoms with Crippen LogP contribution in [0.5, 0.6) is 0 Å². The fourth-order valence-electron chi connectivity index (χ4n) is 5.37. The Kier molecular flexibility index (Phi) is 2.62. The van der Waals surface area contributed by atoms with Gasteiger partial charge in [0, 0.05) is 0 Å². The highest BCUT2D eigenvalue weighted by molar-refractivity contribution is 5.75. The van der Waals surface area contributed by atoms with E-state index in [1.54, 1.807) is 5.57 Å². The molecule has 0 nitrogen and oxygen atoms in total. The summed E-state index contributed by atoms with van der Waals surface area (Å²) in [6, 6.07) is 11.3. The number of hydrogen-bond acceptors (Lipinski definition) is 0. The van der Waals surface area contributed by atoms with Gasteiger partial charge in [-0.05, 0) is 60.5 Å². The van der Waals surface area contributed by atoms with E-state index in [0.29, 0.717) is 5.41 Å². The summed E-state index contributed by atoms with van der Waals surface area (Å²) in [6.45, 7) is 2.59. The highest BCUT2D eigenvalue weighted by Gasteiger charge is 2.53. The molecule has 0 N–H and O–H groups in total. The minimum Gasteiger partial charge on any atom is -0.0624 e. The first-order chi connectivity index (χ1) is 9.31. The van der Waals surface area contributed by atoms with Crippen LogP contribution in [0.25, 0.3) is 5.57 Å². The van der Waals surface area contributed by atoms with Crippen molar-refractivity contribution in [1.29, 1.82) is 0 Å². The molecule has 0 bridgehead atoms. The Bertz CT molecular complexity index is 510. The van der Waals surface area contributed by atoms with Crippen LogP contribution in [0.4, 0.5) is 0 Å². The van der Waals surface area contributed by atoms with Crippen molar-refractivity contribution in [3.8, 4) is 0 Å². The Morgan fingerprint density at radius 3 is 2.58 bits per heavy atom. The van der Waals surface area contributed by atoms with E-state index >= 15 is 0 Å². The van der Waals surface area contributed by atoms with Crippen LogP contribution in [0.15, 0.2) is 35.9 Å². The fourth-order valence-corrected chi connectivity index (χ4v) is 5.37. The second-order valence-electron chi connectivity index (χ2n) is 7.05. The number of fused-ring (bicyclic) bond motifs is 3. The molecule has 1 aromatic rings. The summed E-state index contributed by atoms with van der Waals surface area (Å²) in [4.78, 5) is 0. The monoisotopic (exact) mass is 252 g/mol. The fraction of sp³-hybridized carbons (Fsp3) is 0.579. The molecular formula is C19H24. The van der Waals surface area contributed by atoms with Crippen molar-refractivity contribution in [2.24, 2.45) is 17.3 Å². The highest BCUT2D eigenvalue weighted by Crippen LogP contribution is 2.65. The molecule has 3 aliphatic carbocycles. The molecule has 0 aromatic heterocycles. The Labute approximate surface area is 116 Å². The molecule has 19 heavy (non-hydrogen) atoms. The van der Waals surface area contributed by atoms with E-state index < -0.39 is 0 Å². The Balaban J connectivity index is 1.86. The summed E-state index contributed by atoms with van der Waals surface area (Å²) in [7, 11) is 0. The molecule has 1 aromatic carbocycles. The SMILES string of the molecule is C[C@]12CCC[C@H]1C(c1ccccc1)=C1CCCCC12. The summed E-state index contributed by atoms with van der Waals surface area (Å²) in [5, 5.41) is 0. The van der Waals surface area contributed by atoms with E-state index in [4.69, 9.17) is 0 Å². The number of hydrogen-bond donors (Lipinski definition) is 0. The van der Waals surface area contributed by atoms with Crippen molar-refractivity contribution >= 4 is 5.57 Å². The molecule has 0 heteroatoms. The lowest BCUT2D eigenvalue weighted by Gasteiger charge is -2.36. The van der Waals surface area contributed by atoms with Crippen molar-refractivity contribution in [2.45, 2.75) is 51.9 Å². The van der Waals surface area contributed by atoms with E-state index in [1.165, 1.54) is 50.5 Å². The van der Waals surface area contributed by atoms with Gasteiger partial charge in [-0.2, -0.15) is 0 Å². The summed E-state index contributed by atoms with van der Waals surface area (Å²) < 4.78 is 0. The molecule has 4 rings (SSSR count). The van der Waals surface area contributed by atoms with Crippen LogP contribution in [0.2, 0.25) is 0 Å². The van der Waals surface area contributed by atoms with Crippen molar-refractivity contribution in [3.05, 3.63) is 41.5 Å². The van der Waals surface area contributed by atoms with Gasteiger partial charge in [0.1, 0.15) is 0 Å². The molecule has 3 aliphatic rings. The molecule has 0 saturated heterocycles. The third kappa shape index (κ3) is 1.58. The van der Waals surface area contributed by atoms with E-state index in [9.17, 15) is 0 Å². The van der Waals surface area contributed by atoms with E-state index in [1.807, 2.05) is 5.57 Å². The molecule has 2 fully saturated rings. The minimum absolute atomic E-state index is 0.598. The molecule has 0 aliphatic heterocycles. The third-order valence-electron chi connectivity index (χ3n) is 6.19. The summed E-state index contributed by atoms with van der Waals surface area (Å²) >= 11 is 0. The van der Waals surface area contributed by atoms with Gasteiger partial charge in [-0.3, -0.25) is 0 Å². The molecular weight excluding hydrogens is 228 g/mol. The Morgan fingerprint density at radius 1 is 0.947 bits per heavy atom. The van der Waals surface area contributed by atoms with E-state index in [0.717, 1.165) is 11.8 Å². The van der Waals surface area contributed by atoms with Gasteiger partial charge in [-0.1, -0.05) is 55.7 Å². The molecule has 100 valence electrons. The summed E-state index contributed by atoms with van der Waals surface area (Å²) in [5.74, 6) is 1.76. The quantitative estimate of drug-likeness (QED) is 0.623. The number of allylic oxidation sites excluding steroid dienone is 2. The van der Waals surface area contributed by atoms with E-state index in [2.05, 4.69) is 37.3 Å². The average Bonchev–Trinajstić information content (AvgIpc) is 2.94. The lowest BCUT2D eigenvalue weighted by molar-refractivity contribution is 0.181. The lowest BCUT2D eigenvalue weighted by atomic mass is 9.68. The minimum atomic E-state index is 0.598. The lowest BCUT2D eigenvalue weighted by Crippen LogP contribution is -2.27. The van der Waals surface area contributed by atoms with Gasteiger partial charge in [0.2, 0.25) is 0 Å². The number of rotatable bonds is 1. The van der Waals surface area contributed by atoms with Gasteiger partial charge >= 0.3 is 0 Å². The predicted octanol–water partition coefficient (Wildman–Crippen LogP) is 5.45. The largest absolute Gasteiger partial charge is 0.0624 e.